The molecule has 2 saturated carbocycles. The smallest absolute Gasteiger partial charge is 0.310 e. The van der Waals surface area contributed by atoms with Crippen molar-refractivity contribution in [2.75, 3.05) is 5.32 Å². The molecule has 0 unspecified atom stereocenters. The monoisotopic (exact) mass is 335 g/mol. The molecule has 1 aromatic carbocycles. The van der Waals surface area contributed by atoms with E-state index >= 15 is 0 Å². The van der Waals surface area contributed by atoms with Crippen LogP contribution in [0.3, 0.4) is 0 Å². The van der Waals surface area contributed by atoms with Gasteiger partial charge in [-0.15, -0.1) is 0 Å². The summed E-state index contributed by atoms with van der Waals surface area (Å²) < 4.78 is 6.33. The summed E-state index contributed by atoms with van der Waals surface area (Å²) in [5.41, 5.74) is 0.767. The molecule has 1 amide bonds. The quantitative estimate of drug-likeness (QED) is 0.845. The first-order valence-corrected chi connectivity index (χ1v) is 7.70. The standard InChI is InChI=1S/C15H14BrNO3/c16-8-1-3-9(4-2-8)17-14(18)12-7-5-10-11(6-7)20-15(19)13(10)12/h1-4,7,10-13H,5-6H2,(H,17,18)/t7-,10+,11-,12-,13+/m0/s1. The number of nitrogens with one attached hydrogen (secondary N) is 1. The average Bonchev–Trinajstić information content (AvgIpc) is 3.02. The van der Waals surface area contributed by atoms with Crippen LogP contribution in [0.5, 0.6) is 0 Å². The van der Waals surface area contributed by atoms with Crippen molar-refractivity contribution in [2.45, 2.75) is 18.9 Å². The Hall–Kier alpha value is -1.36. The molecule has 3 fully saturated rings. The summed E-state index contributed by atoms with van der Waals surface area (Å²) in [7, 11) is 0. The highest BCUT2D eigenvalue weighted by molar-refractivity contribution is 9.10. The largest absolute Gasteiger partial charge is 0.462 e. The fourth-order valence-electron chi connectivity index (χ4n) is 4.12. The summed E-state index contributed by atoms with van der Waals surface area (Å²) in [5.74, 6) is -0.0627. The third-order valence-corrected chi connectivity index (χ3v) is 5.43. The van der Waals surface area contributed by atoms with Gasteiger partial charge >= 0.3 is 5.97 Å². The van der Waals surface area contributed by atoms with Crippen LogP contribution in [0.25, 0.3) is 0 Å². The maximum absolute atomic E-state index is 12.5. The molecular formula is C15H14BrNO3. The summed E-state index contributed by atoms with van der Waals surface area (Å²) in [5, 5.41) is 2.93. The van der Waals surface area contributed by atoms with Crippen LogP contribution >= 0.6 is 15.9 Å². The topological polar surface area (TPSA) is 55.4 Å². The second kappa shape index (κ2) is 4.32. The van der Waals surface area contributed by atoms with E-state index in [-0.39, 0.29) is 35.7 Å². The number of carbonyl (C=O) groups excluding carboxylic acids is 2. The van der Waals surface area contributed by atoms with Crippen molar-refractivity contribution in [3.63, 3.8) is 0 Å². The first-order valence-electron chi connectivity index (χ1n) is 6.90. The molecule has 20 heavy (non-hydrogen) atoms. The summed E-state index contributed by atoms with van der Waals surface area (Å²) >= 11 is 3.36. The van der Waals surface area contributed by atoms with Gasteiger partial charge in [-0.05, 0) is 43.0 Å². The first kappa shape index (κ1) is 12.4. The Kier molecular flexibility index (Phi) is 2.67. The van der Waals surface area contributed by atoms with Gasteiger partial charge in [0.05, 0.1) is 11.8 Å². The number of fused-ring (bicyclic) bond motifs is 1. The molecule has 104 valence electrons. The van der Waals surface area contributed by atoms with Crippen molar-refractivity contribution < 1.29 is 14.3 Å². The number of benzene rings is 1. The van der Waals surface area contributed by atoms with Crippen molar-refractivity contribution in [2.24, 2.45) is 23.7 Å². The number of halogens is 1. The molecule has 2 bridgehead atoms. The number of hydrogen-bond donors (Lipinski definition) is 1. The maximum Gasteiger partial charge on any atom is 0.310 e. The van der Waals surface area contributed by atoms with Crippen LogP contribution in [0, 0.1) is 23.7 Å². The van der Waals surface area contributed by atoms with Crippen LogP contribution in [-0.4, -0.2) is 18.0 Å². The molecule has 3 aliphatic rings. The predicted molar refractivity (Wildman–Crippen MR) is 75.8 cm³/mol. The van der Waals surface area contributed by atoms with Crippen molar-refractivity contribution in [1.29, 1.82) is 0 Å². The number of anilines is 1. The Labute approximate surface area is 125 Å². The zero-order valence-electron chi connectivity index (χ0n) is 10.7. The van der Waals surface area contributed by atoms with E-state index in [1.54, 1.807) is 0 Å². The number of esters is 1. The second-order valence-electron chi connectivity index (χ2n) is 5.92. The SMILES string of the molecule is O=C1O[C@H]2C[C@@H]3C[C@H]2[C@@H]1[C@H]3C(=O)Nc1ccc(Br)cc1. The highest BCUT2D eigenvalue weighted by Crippen LogP contribution is 2.57. The molecule has 0 radical (unpaired) electrons. The van der Waals surface area contributed by atoms with Gasteiger partial charge in [0, 0.05) is 16.1 Å². The van der Waals surface area contributed by atoms with Gasteiger partial charge in [-0.3, -0.25) is 9.59 Å². The molecule has 1 heterocycles. The molecule has 2 aliphatic carbocycles. The molecule has 1 aliphatic heterocycles. The van der Waals surface area contributed by atoms with Crippen LogP contribution in [0.4, 0.5) is 5.69 Å². The highest BCUT2D eigenvalue weighted by Gasteiger charge is 2.63. The number of rotatable bonds is 2. The van der Waals surface area contributed by atoms with Crippen LogP contribution < -0.4 is 5.32 Å². The minimum Gasteiger partial charge on any atom is -0.462 e. The summed E-state index contributed by atoms with van der Waals surface area (Å²) in [6.07, 6.45) is 1.89. The van der Waals surface area contributed by atoms with Crippen LogP contribution in [0.1, 0.15) is 12.8 Å². The highest BCUT2D eigenvalue weighted by atomic mass is 79.9. The fourth-order valence-corrected chi connectivity index (χ4v) is 4.39. The third kappa shape index (κ3) is 1.72. The van der Waals surface area contributed by atoms with Gasteiger partial charge in [0.15, 0.2) is 0 Å². The molecule has 1 aromatic rings. The Balaban J connectivity index is 1.54. The Bertz CT molecular complexity index is 583. The average molecular weight is 336 g/mol. The minimum absolute atomic E-state index is 0.0397. The van der Waals surface area contributed by atoms with Crippen molar-refractivity contribution in [3.05, 3.63) is 28.7 Å². The van der Waals surface area contributed by atoms with Crippen LogP contribution in [0.2, 0.25) is 0 Å². The van der Waals surface area contributed by atoms with Crippen molar-refractivity contribution >= 4 is 33.5 Å². The summed E-state index contributed by atoms with van der Waals surface area (Å²) in [6, 6.07) is 7.47. The van der Waals surface area contributed by atoms with E-state index in [2.05, 4.69) is 21.2 Å². The first-order chi connectivity index (χ1) is 9.63. The van der Waals surface area contributed by atoms with Gasteiger partial charge in [0.2, 0.25) is 5.91 Å². The fraction of sp³-hybridized carbons (Fsp3) is 0.467. The molecular weight excluding hydrogens is 322 g/mol. The van der Waals surface area contributed by atoms with Gasteiger partial charge in [0.1, 0.15) is 6.10 Å². The van der Waals surface area contributed by atoms with Gasteiger partial charge in [-0.1, -0.05) is 15.9 Å². The number of hydrogen-bond acceptors (Lipinski definition) is 3. The maximum atomic E-state index is 12.5. The molecule has 1 N–H and O–H groups in total. The van der Waals surface area contributed by atoms with E-state index in [0.29, 0.717) is 5.92 Å². The Morgan fingerprint density at radius 3 is 2.75 bits per heavy atom. The van der Waals surface area contributed by atoms with Crippen molar-refractivity contribution in [1.82, 2.24) is 0 Å². The van der Waals surface area contributed by atoms with E-state index in [0.717, 1.165) is 23.0 Å². The van der Waals surface area contributed by atoms with Gasteiger partial charge in [-0.2, -0.15) is 0 Å². The second-order valence-corrected chi connectivity index (χ2v) is 6.83. The lowest BCUT2D eigenvalue weighted by Crippen LogP contribution is -2.35. The number of carbonyl (C=O) groups is 2. The van der Waals surface area contributed by atoms with Gasteiger partial charge in [-0.25, -0.2) is 0 Å². The molecule has 0 aromatic heterocycles. The lowest BCUT2D eigenvalue weighted by molar-refractivity contribution is -0.145. The van der Waals surface area contributed by atoms with Gasteiger partial charge in [0.25, 0.3) is 0 Å². The third-order valence-electron chi connectivity index (χ3n) is 4.90. The van der Waals surface area contributed by atoms with Crippen LogP contribution in [0.15, 0.2) is 28.7 Å². The molecule has 4 nitrogen and oxygen atoms in total. The molecule has 1 saturated heterocycles. The molecule has 0 spiro atoms. The van der Waals surface area contributed by atoms with E-state index in [1.165, 1.54) is 0 Å². The Morgan fingerprint density at radius 1 is 1.25 bits per heavy atom. The summed E-state index contributed by atoms with van der Waals surface area (Å²) in [6.45, 7) is 0. The Morgan fingerprint density at radius 2 is 2.00 bits per heavy atom. The van der Waals surface area contributed by atoms with E-state index in [9.17, 15) is 9.59 Å². The number of ether oxygens (including phenoxy) is 1. The molecule has 4 rings (SSSR count). The molecule has 5 atom stereocenters. The van der Waals surface area contributed by atoms with E-state index in [4.69, 9.17) is 4.74 Å². The minimum atomic E-state index is -0.214. The van der Waals surface area contributed by atoms with Crippen LogP contribution in [-0.2, 0) is 14.3 Å². The normalized spacial score (nSPS) is 37.0. The van der Waals surface area contributed by atoms with Gasteiger partial charge < -0.3 is 10.1 Å². The lowest BCUT2D eigenvalue weighted by atomic mass is 9.79. The zero-order chi connectivity index (χ0) is 13.9. The summed E-state index contributed by atoms with van der Waals surface area (Å²) in [4.78, 5) is 24.4. The number of amides is 1. The van der Waals surface area contributed by atoms with E-state index in [1.807, 2.05) is 24.3 Å². The predicted octanol–water partition coefficient (Wildman–Crippen LogP) is 2.59. The van der Waals surface area contributed by atoms with E-state index < -0.39 is 0 Å². The lowest BCUT2D eigenvalue weighted by Gasteiger charge is -2.23. The molecule has 5 heteroatoms. The van der Waals surface area contributed by atoms with Crippen molar-refractivity contribution in [3.8, 4) is 0 Å². The zero-order valence-corrected chi connectivity index (χ0v) is 12.3.